The van der Waals surface area contributed by atoms with E-state index >= 15 is 14.4 Å². The Bertz CT molecular complexity index is 3330. The van der Waals surface area contributed by atoms with Gasteiger partial charge in [-0.15, -0.1) is 0 Å². The molecule has 0 bridgehead atoms. The number of phenolic OH excluding ortho intramolecular Hbond substituents is 1. The summed E-state index contributed by atoms with van der Waals surface area (Å²) in [4.78, 5) is 163. The van der Waals surface area contributed by atoms with E-state index in [9.17, 15) is 74.1 Å². The fourth-order valence-corrected chi connectivity index (χ4v) is 13.4. The molecule has 3 heterocycles. The number of carbonyl (C=O) groups excluding carboxylic acids is 11. The van der Waals surface area contributed by atoms with Crippen LogP contribution >= 0.6 is 21.6 Å². The van der Waals surface area contributed by atoms with E-state index in [0.717, 1.165) is 21.6 Å². The van der Waals surface area contributed by atoms with Gasteiger partial charge < -0.3 is 103 Å². The number of hydrogen-bond donors (Lipinski definition) is 14. The van der Waals surface area contributed by atoms with Crippen molar-refractivity contribution in [3.05, 3.63) is 102 Å². The normalized spacial score (nSPS) is 21.8. The van der Waals surface area contributed by atoms with E-state index in [1.807, 2.05) is 0 Å². The van der Waals surface area contributed by atoms with Crippen molar-refractivity contribution in [2.45, 2.75) is 113 Å². The number of amides is 8. The van der Waals surface area contributed by atoms with Crippen LogP contribution in [-0.2, 0) is 97.8 Å². The maximum atomic E-state index is 15.3. The van der Waals surface area contributed by atoms with Crippen molar-refractivity contribution in [2.24, 2.45) is 5.73 Å². The van der Waals surface area contributed by atoms with Crippen molar-refractivity contribution >= 4 is 97.7 Å². The molecule has 0 radical (unpaired) electrons. The predicted molar refractivity (Wildman–Crippen MR) is 358 cm³/mol. The molecule has 8 amide bonds. The number of hydrogen-bond acceptors (Lipinski definition) is 25. The van der Waals surface area contributed by atoms with Crippen LogP contribution in [0.15, 0.2) is 85.1 Å². The largest absolute Gasteiger partial charge is 3.00 e. The average Bonchev–Trinajstić information content (AvgIpc) is 1.62. The van der Waals surface area contributed by atoms with Gasteiger partial charge in [-0.25, -0.2) is 0 Å². The van der Waals surface area contributed by atoms with Gasteiger partial charge in [-0.3, -0.25) is 58.0 Å². The second-order valence-corrected chi connectivity index (χ2v) is 26.9. The van der Waals surface area contributed by atoms with Gasteiger partial charge in [0.25, 0.3) is 0 Å². The molecule has 100 heavy (non-hydrogen) atoms. The number of nitrogens with zero attached hydrogens (tertiary/aromatic N) is 4. The quantitative estimate of drug-likeness (QED) is 0.0205. The Morgan fingerprint density at radius 1 is 0.610 bits per heavy atom. The zero-order chi connectivity index (χ0) is 72.1. The van der Waals surface area contributed by atoms with Gasteiger partial charge in [-0.05, 0) is 74.5 Å². The fraction of sp³-hybridized carbons (Fsp3) is 0.523. The molecule has 32 nitrogen and oxygen atoms in total. The number of aliphatic hydroxyl groups is 3. The summed E-state index contributed by atoms with van der Waals surface area (Å²) in [5, 5.41) is 99.3. The predicted octanol–water partition coefficient (Wildman–Crippen LogP) is -7.47. The number of phenols is 1. The molecule has 1 aromatic heterocycles. The first-order valence-electron chi connectivity index (χ1n) is 32.5. The number of rotatable bonds is 26. The molecule has 0 aliphatic carbocycles. The number of aromatic hydroxyl groups is 1. The Labute approximate surface area is 605 Å². The molecule has 10 atom stereocenters. The molecule has 4 aromatic rings. The van der Waals surface area contributed by atoms with Gasteiger partial charge in [-0.2, -0.15) is 0 Å². The summed E-state index contributed by atoms with van der Waals surface area (Å²) in [6.07, 6.45) is -1.38. The number of aliphatic carboxylic acids is 3. The van der Waals surface area contributed by atoms with E-state index in [-0.39, 0.29) is 134 Å². The maximum absolute atomic E-state index is 15.3. The van der Waals surface area contributed by atoms with Crippen LogP contribution in [0.3, 0.4) is 0 Å². The molecular weight excluding hydrogens is 1370 g/mol. The van der Waals surface area contributed by atoms with Crippen molar-refractivity contribution in [3.63, 3.8) is 0 Å². The van der Waals surface area contributed by atoms with Crippen LogP contribution in [-0.4, -0.2) is 274 Å². The molecule has 15 N–H and O–H groups in total. The number of nitrogens with two attached hydrogens (primary N) is 1. The first-order valence-corrected chi connectivity index (χ1v) is 35.0. The summed E-state index contributed by atoms with van der Waals surface area (Å²) in [5.41, 5.74) is 8.01. The number of aliphatic hydroxyl groups excluding tert-OH is 3. The summed E-state index contributed by atoms with van der Waals surface area (Å²) >= 11 is 0. The Balaban J connectivity index is 0.0000180. The number of H-pyrrole nitrogens is 1. The first-order chi connectivity index (χ1) is 47.3. The molecule has 2 aliphatic heterocycles. The van der Waals surface area contributed by atoms with E-state index in [2.05, 4.69) is 47.5 Å². The van der Waals surface area contributed by atoms with Gasteiger partial charge in [0.2, 0.25) is 47.3 Å². The number of aromatic nitrogens is 1. The van der Waals surface area contributed by atoms with Crippen molar-refractivity contribution in [1.29, 1.82) is 0 Å². The monoisotopic (exact) mass is 1460 g/mol. The topological polar surface area (TPSA) is 489 Å². The second-order valence-electron chi connectivity index (χ2n) is 24.4. The zero-order valence-corrected chi connectivity index (χ0v) is 59.1. The number of aromatic amines is 1. The van der Waals surface area contributed by atoms with Crippen LogP contribution in [0.25, 0.3) is 10.9 Å². The third-order valence-corrected chi connectivity index (χ3v) is 19.0. The van der Waals surface area contributed by atoms with E-state index < -0.39 is 158 Å². The van der Waals surface area contributed by atoms with Crippen LogP contribution in [0, 0.1) is 0 Å². The van der Waals surface area contributed by atoms with E-state index in [1.165, 1.54) is 52.8 Å². The number of benzene rings is 3. The number of unbranched alkanes of at least 4 members (excludes halogenated alkanes) is 1. The Kier molecular flexibility index (Phi) is 35.4. The summed E-state index contributed by atoms with van der Waals surface area (Å²) in [6, 6.07) is 9.03. The standard InChI is InChI=1S/C65H92N14O18S2.Sc/c1-39(81)51(36-80)72-64(96)53-38-99-98-37-52(73-60(92)48(28-41-10-4-3-5-11-41)68-54(84)32-76-20-22-77(33-55(85)86)24-26-79(35-57(89)90)27-25-78(23-21-76)34-56(87)88)63(95)70-49(29-42-15-17-44(83)18-16-42)61(93)71-50(30-43-31-67-46-13-7-6-12-45(43)46)62(94)69-47(14-8-9-19-66)59(91)75-58(40(2)82)65(97)74-53;/h3-7,10-13,15-18,31,39-40,47-53,58,67,80-83H,8-9,14,19-30,32-38,66H2,1-2H3,(H,68,84)(H,69,94)(H,70,95)(H,71,93)(H,72,96)(H,73,92)(H,74,97)(H,75,91)(H,85,86)(H,87,88)(H,89,90);/q;+3/p-3/t39-,40-,47+,48-,49-,50-,51-,52+,53+,58+;/m1./s1. The Hall–Kier alpha value is -7.58. The number of para-hydroxylation sites is 1. The van der Waals surface area contributed by atoms with Crippen LogP contribution in [0.4, 0.5) is 0 Å². The summed E-state index contributed by atoms with van der Waals surface area (Å²) in [5.74, 6) is -12.6. The van der Waals surface area contributed by atoms with Crippen molar-refractivity contribution in [1.82, 2.24) is 67.1 Å². The third-order valence-electron chi connectivity index (χ3n) is 16.6. The number of fused-ring (bicyclic) bond motifs is 1. The van der Waals surface area contributed by atoms with Crippen LogP contribution in [0.2, 0.25) is 0 Å². The minimum absolute atomic E-state index is 0. The molecule has 2 saturated heterocycles. The van der Waals surface area contributed by atoms with Gasteiger partial charge in [0.05, 0.1) is 49.3 Å². The smallest absolute Gasteiger partial charge is 0.549 e. The Morgan fingerprint density at radius 2 is 1.13 bits per heavy atom. The number of carbonyl (C=O) groups is 11. The summed E-state index contributed by atoms with van der Waals surface area (Å²) < 4.78 is 0. The fourth-order valence-electron chi connectivity index (χ4n) is 11.0. The minimum Gasteiger partial charge on any atom is -0.549 e. The molecule has 3 aromatic carbocycles. The number of nitrogens with one attached hydrogen (secondary N) is 9. The van der Waals surface area contributed by atoms with Crippen molar-refractivity contribution < 1.29 is 114 Å². The molecule has 0 spiro atoms. The molecule has 2 aliphatic rings. The van der Waals surface area contributed by atoms with Gasteiger partial charge in [-0.1, -0.05) is 82.3 Å². The third kappa shape index (κ3) is 28.1. The maximum Gasteiger partial charge on any atom is 3.00 e. The van der Waals surface area contributed by atoms with Gasteiger partial charge in [0.1, 0.15) is 48.0 Å². The zero-order valence-electron chi connectivity index (χ0n) is 55.7. The second kappa shape index (κ2) is 42.6. The van der Waals surface area contributed by atoms with E-state index in [0.29, 0.717) is 34.0 Å². The molecule has 6 rings (SSSR count). The van der Waals surface area contributed by atoms with Gasteiger partial charge in [0.15, 0.2) is 0 Å². The Morgan fingerprint density at radius 3 is 1.68 bits per heavy atom. The van der Waals surface area contributed by atoms with Crippen molar-refractivity contribution in [2.75, 3.05) is 103 Å². The number of carboxylic acids is 3. The first kappa shape index (κ1) is 83.1. The molecule has 35 heteroatoms. The van der Waals surface area contributed by atoms with Crippen LogP contribution in [0.1, 0.15) is 49.8 Å². The molecular formula is C65H89N14O18S2Sc. The van der Waals surface area contributed by atoms with E-state index in [4.69, 9.17) is 5.73 Å². The van der Waals surface area contributed by atoms with Crippen molar-refractivity contribution in [3.8, 4) is 5.75 Å². The molecule has 542 valence electrons. The van der Waals surface area contributed by atoms with Crippen LogP contribution in [0.5, 0.6) is 5.75 Å². The average molecular weight is 1460 g/mol. The minimum atomic E-state index is -1.78. The van der Waals surface area contributed by atoms with Gasteiger partial charge in [0, 0.05) is 120 Å². The van der Waals surface area contributed by atoms with Gasteiger partial charge >= 0.3 is 25.8 Å². The molecule has 0 saturated carbocycles. The SMILES string of the molecule is C[C@@H](O)[C@@H]1NC(=O)[C@H](CCCCN)NC(=O)[C@@H](Cc2c[nH]c3ccccc23)NC(=O)[C@@H](Cc2ccc(O)cc2)NC(=O)[C@@H](NC(=O)[C@@H](Cc2ccccc2)NC(=O)CN2CCN(CC(=O)[O-])CCN(CC(=O)[O-])CCN(CC(=O)[O-])CC2)CSSC[C@@H](C(=O)N[C@H](CO)[C@@H](C)O)NC1=O.[Sc+3]. The summed E-state index contributed by atoms with van der Waals surface area (Å²) in [6.45, 7) is 0.0360. The van der Waals surface area contributed by atoms with Crippen LogP contribution < -0.4 is 63.6 Å². The summed E-state index contributed by atoms with van der Waals surface area (Å²) in [7, 11) is 1.79. The molecule has 2 fully saturated rings. The molecule has 0 unspecified atom stereocenters. The van der Waals surface area contributed by atoms with E-state index in [1.54, 1.807) is 65.7 Å². The number of carboxylic acid groups (broad SMARTS) is 3.